The smallest absolute Gasteiger partial charge is 0.373 e. The van der Waals surface area contributed by atoms with E-state index >= 15 is 0 Å². The zero-order chi connectivity index (χ0) is 71.9. The van der Waals surface area contributed by atoms with Crippen molar-refractivity contribution in [3.05, 3.63) is 128 Å². The second-order valence-electron chi connectivity index (χ2n) is 25.8. The van der Waals surface area contributed by atoms with Crippen molar-refractivity contribution < 1.29 is 64.9 Å². The third kappa shape index (κ3) is 23.5. The Balaban J connectivity index is 1.04. The zero-order valence-electron chi connectivity index (χ0n) is 57.9. The molecule has 2 radical (unpaired) electrons. The summed E-state index contributed by atoms with van der Waals surface area (Å²) < 4.78 is 57.9. The molecule has 100 heavy (non-hydrogen) atoms. The van der Waals surface area contributed by atoms with Crippen LogP contribution in [0.2, 0.25) is 19.5 Å². The first kappa shape index (κ1) is 79.2. The molecule has 0 saturated carbocycles. The first-order valence-corrected chi connectivity index (χ1v) is 36.4. The van der Waals surface area contributed by atoms with Crippen LogP contribution < -0.4 is 21.2 Å². The van der Waals surface area contributed by atoms with Crippen molar-refractivity contribution in [1.82, 2.24) is 19.9 Å². The molecular weight excluding hydrogens is 1300 g/mol. The molecule has 6 amide bonds. The van der Waals surface area contributed by atoms with Gasteiger partial charge in [0, 0.05) is 98.3 Å². The SMILES string of the molecule is CB(O)NCCCCCCCC(=O)Nc1ccc2c(c1)C1(CCC(=O)N(C)CCOCCOCCN(C)C(=O)[C@@H]3C[C@H](N=[N+]=[N-])CN3C(=O)c3ccc(S(=O)(=O)F)cc3)c3cc(NC(=O)CCCCCCC[B]OC=N)ccc3C2c2ccc(NC(=O)CCCCCCC[B]OC=N)cc21. The number of benzene rings is 4. The molecule has 7 N–H and O–H groups in total. The molecule has 1 saturated heterocycles. The van der Waals surface area contributed by atoms with Crippen LogP contribution in [0.5, 0.6) is 0 Å². The highest BCUT2D eigenvalue weighted by atomic mass is 32.3. The maximum Gasteiger partial charge on any atom is 0.373 e. The Morgan fingerprint density at radius 2 is 1.12 bits per heavy atom. The molecule has 3 aliphatic carbocycles. The number of azide groups is 1. The van der Waals surface area contributed by atoms with Gasteiger partial charge >= 0.3 is 32.2 Å². The van der Waals surface area contributed by atoms with Crippen molar-refractivity contribution in [2.24, 2.45) is 5.11 Å². The van der Waals surface area contributed by atoms with Crippen molar-refractivity contribution in [2.45, 2.75) is 183 Å². The molecule has 2 atom stereocenters. The maximum absolute atomic E-state index is 14.7. The van der Waals surface area contributed by atoms with Gasteiger partial charge in [-0.1, -0.05) is 93.9 Å². The molecular formula is C70H96B3FN12O13S. The third-order valence-corrected chi connectivity index (χ3v) is 19.4. The molecule has 1 aliphatic heterocycles. The minimum atomic E-state index is -5.00. The lowest BCUT2D eigenvalue weighted by Crippen LogP contribution is -2.47. The molecule has 1 fully saturated rings. The second kappa shape index (κ2) is 40.9. The van der Waals surface area contributed by atoms with E-state index in [9.17, 15) is 46.1 Å². The van der Waals surface area contributed by atoms with Crippen LogP contribution in [-0.4, -0.2) is 177 Å². The van der Waals surface area contributed by atoms with E-state index in [4.69, 9.17) is 35.1 Å². The first-order chi connectivity index (χ1) is 48.3. The van der Waals surface area contributed by atoms with E-state index in [-0.39, 0.29) is 100 Å². The number of carbonyl (C=O) groups is 6. The maximum atomic E-state index is 14.7. The van der Waals surface area contributed by atoms with Crippen LogP contribution in [0, 0.1) is 10.8 Å². The summed E-state index contributed by atoms with van der Waals surface area (Å²) in [6.07, 6.45) is 18.0. The normalized spacial score (nSPS) is 16.2. The van der Waals surface area contributed by atoms with E-state index in [1.54, 1.807) is 40.8 Å². The lowest BCUT2D eigenvalue weighted by Gasteiger charge is -2.51. The quantitative estimate of drug-likeness (QED) is 0.00316. The number of hydrogen-bond acceptors (Lipinski definition) is 17. The number of halogens is 1. The van der Waals surface area contributed by atoms with E-state index < -0.39 is 51.5 Å². The van der Waals surface area contributed by atoms with Crippen LogP contribution in [0.3, 0.4) is 0 Å². The monoisotopic (exact) mass is 1400 g/mol. The molecule has 4 aromatic rings. The standard InChI is InChI=1S/C70H96B3FN12O13S/c1-73(93)78-36-18-12-6-9-15-21-65(89)81-53-26-31-58-61(45-53)70(33-32-66(90)84(2)37-39-96-41-42-97-40-38-85(3)69(92)62-46-54(82-83-77)47-86(62)68(91)50-22-27-55(28-23-50)100(74,94)95)59-43-51(79-63(87)19-13-7-4-10-16-34-71-98-48-75)24-29-56(59)67(58)57-30-25-52(44-60(57)70)80-64(88)20-14-8-5-11-17-35-72-99-49-76/h22-31,43-45,48-49,54,62,67,75-76,78,93H,4-21,32-42,46-47H2,1-3H3,(H,79,87)(H,80,88)(H,81,89)/t54-,62-,67?,70?/m0/s1. The topological polar surface area (TPSA) is 348 Å². The zero-order valence-corrected chi connectivity index (χ0v) is 58.7. The van der Waals surface area contributed by atoms with Gasteiger partial charge in [0.1, 0.15) is 18.8 Å². The number of rotatable bonds is 48. The fourth-order valence-electron chi connectivity index (χ4n) is 13.4. The Morgan fingerprint density at radius 3 is 1.57 bits per heavy atom. The highest BCUT2D eigenvalue weighted by Gasteiger charge is 2.52. The summed E-state index contributed by atoms with van der Waals surface area (Å²) in [6, 6.07) is 20.6. The van der Waals surface area contributed by atoms with Gasteiger partial charge in [-0.3, -0.25) is 39.6 Å². The van der Waals surface area contributed by atoms with Crippen LogP contribution in [0.1, 0.15) is 184 Å². The minimum absolute atomic E-state index is 0.0198. The summed E-state index contributed by atoms with van der Waals surface area (Å²) >= 11 is 0. The molecule has 536 valence electrons. The minimum Gasteiger partial charge on any atom is -0.556 e. The molecule has 25 nitrogen and oxygen atoms in total. The third-order valence-electron chi connectivity index (χ3n) is 18.6. The number of carbonyl (C=O) groups excluding carboxylic acids is 6. The van der Waals surface area contributed by atoms with Crippen molar-refractivity contribution in [1.29, 1.82) is 10.8 Å². The van der Waals surface area contributed by atoms with Gasteiger partial charge in [-0.25, -0.2) is 0 Å². The molecule has 4 aliphatic rings. The summed E-state index contributed by atoms with van der Waals surface area (Å²) in [5.41, 5.74) is 15.7. The number of ether oxygens (including phenoxy) is 2. The fourth-order valence-corrected chi connectivity index (χ4v) is 13.9. The van der Waals surface area contributed by atoms with Crippen LogP contribution in [0.15, 0.2) is 88.9 Å². The fraction of sp³-hybridized carbons (Fsp3) is 0.543. The summed E-state index contributed by atoms with van der Waals surface area (Å²) in [5, 5.41) is 39.9. The van der Waals surface area contributed by atoms with Gasteiger partial charge in [0.05, 0.1) is 37.4 Å². The average molecular weight is 1400 g/mol. The molecule has 0 aromatic heterocycles. The molecule has 30 heteroatoms. The van der Waals surface area contributed by atoms with Crippen LogP contribution in [0.4, 0.5) is 20.9 Å². The van der Waals surface area contributed by atoms with E-state index in [1.165, 1.54) is 9.80 Å². The molecule has 0 unspecified atom stereocenters. The lowest BCUT2D eigenvalue weighted by atomic mass is 9.51. The van der Waals surface area contributed by atoms with Crippen molar-refractivity contribution in [3.63, 3.8) is 0 Å². The van der Waals surface area contributed by atoms with Gasteiger partial charge in [0.2, 0.25) is 29.5 Å². The number of amides is 6. The Labute approximate surface area is 589 Å². The Hall–Kier alpha value is -8.14. The summed E-state index contributed by atoms with van der Waals surface area (Å²) in [7, 11) is 0.938. The van der Waals surface area contributed by atoms with Crippen molar-refractivity contribution in [3.8, 4) is 0 Å². The number of nitrogens with one attached hydrogen (secondary N) is 6. The van der Waals surface area contributed by atoms with Crippen LogP contribution >= 0.6 is 0 Å². The first-order valence-electron chi connectivity index (χ1n) is 35.0. The van der Waals surface area contributed by atoms with Gasteiger partial charge in [0.25, 0.3) is 5.91 Å². The van der Waals surface area contributed by atoms with E-state index in [2.05, 4.69) is 49.4 Å². The Morgan fingerprint density at radius 1 is 0.670 bits per heavy atom. The van der Waals surface area contributed by atoms with Crippen molar-refractivity contribution >= 4 is 97.5 Å². The number of nitrogens with zero attached hydrogens (tertiary/aromatic N) is 6. The Bertz CT molecular complexity index is 3480. The van der Waals surface area contributed by atoms with E-state index in [1.807, 2.05) is 36.4 Å². The summed E-state index contributed by atoms with van der Waals surface area (Å²) in [5.74, 6) is -1.85. The largest absolute Gasteiger partial charge is 0.556 e. The average Bonchev–Trinajstić information content (AvgIpc) is 0.735. The Kier molecular flexibility index (Phi) is 32.4. The highest BCUT2D eigenvalue weighted by molar-refractivity contribution is 7.86. The van der Waals surface area contributed by atoms with Gasteiger partial charge < -0.3 is 59.7 Å². The number of hydrogen-bond donors (Lipinski definition) is 7. The van der Waals surface area contributed by atoms with Crippen LogP contribution in [-0.2, 0) is 58.4 Å². The molecule has 1 heterocycles. The van der Waals surface area contributed by atoms with E-state index in [0.29, 0.717) is 55.6 Å². The predicted octanol–water partition coefficient (Wildman–Crippen LogP) is 10.7. The van der Waals surface area contributed by atoms with E-state index in [0.717, 1.165) is 167 Å². The van der Waals surface area contributed by atoms with Gasteiger partial charge in [0.15, 0.2) is 0 Å². The lowest BCUT2D eigenvalue weighted by molar-refractivity contribution is -0.135. The van der Waals surface area contributed by atoms with Gasteiger partial charge in [-0.15, -0.1) is 3.89 Å². The number of likely N-dealkylation sites (tertiary alicyclic amines) is 1. The summed E-state index contributed by atoms with van der Waals surface area (Å²) in [6.45, 7) is 3.33. The van der Waals surface area contributed by atoms with Crippen molar-refractivity contribution in [2.75, 3.05) is 82.7 Å². The van der Waals surface area contributed by atoms with Gasteiger partial charge in [-0.05, 0) is 164 Å². The van der Waals surface area contributed by atoms with Gasteiger partial charge in [-0.2, -0.15) is 8.42 Å². The molecule has 8 rings (SSSR count). The number of unbranched alkanes of at least 4 members (excludes halogenated alkanes) is 12. The number of likely N-dealkylation sites (N-methyl/N-ethyl adjacent to an activating group) is 2. The predicted molar refractivity (Wildman–Crippen MR) is 385 cm³/mol. The van der Waals surface area contributed by atoms with Crippen LogP contribution in [0.25, 0.3) is 10.4 Å². The molecule has 4 aromatic carbocycles. The number of anilines is 3. The highest BCUT2D eigenvalue weighted by Crippen LogP contribution is 2.62. The molecule has 0 spiro atoms. The summed E-state index contributed by atoms with van der Waals surface area (Å²) in [4.78, 5) is 89.8. The molecule has 2 bridgehead atoms. The second-order valence-corrected chi connectivity index (χ2v) is 27.2.